The number of para-hydroxylation sites is 1. The fourth-order valence-corrected chi connectivity index (χ4v) is 6.35. The van der Waals surface area contributed by atoms with Crippen molar-refractivity contribution in [2.75, 3.05) is 4.90 Å². The first-order valence-corrected chi connectivity index (χ1v) is 14.3. The molecule has 0 fully saturated rings. The van der Waals surface area contributed by atoms with Crippen molar-refractivity contribution in [3.63, 3.8) is 0 Å². The molecule has 2 heterocycles. The fourth-order valence-electron chi connectivity index (χ4n) is 6.35. The molecule has 6 aromatic carbocycles. The number of hydrogen-bond acceptors (Lipinski definition) is 2. The standard InChI is InChI=1S/C39H23N3O2/c1-40-28-20-21-30-29-15-8-9-17-33(29)41(36(30)24-28)35-18-10-16-31-37(35)39(44)42(38(31)43)34-22-19-27(25-11-4-2-5-12-25)23-32(34)26-13-6-3-7-14-26/h2-24H. The summed E-state index contributed by atoms with van der Waals surface area (Å²) in [7, 11) is 0. The second-order valence-corrected chi connectivity index (χ2v) is 10.8. The van der Waals surface area contributed by atoms with Crippen LogP contribution in [0.15, 0.2) is 140 Å². The minimum atomic E-state index is -0.377. The number of benzene rings is 6. The maximum absolute atomic E-state index is 14.5. The van der Waals surface area contributed by atoms with Crippen molar-refractivity contribution in [2.45, 2.75) is 0 Å². The minimum Gasteiger partial charge on any atom is -0.310 e. The summed E-state index contributed by atoms with van der Waals surface area (Å²) in [5.74, 6) is -0.739. The van der Waals surface area contributed by atoms with Crippen LogP contribution in [0.3, 0.4) is 0 Å². The zero-order valence-electron chi connectivity index (χ0n) is 23.4. The van der Waals surface area contributed by atoms with Crippen LogP contribution in [0.4, 0.5) is 11.4 Å². The van der Waals surface area contributed by atoms with E-state index in [-0.39, 0.29) is 11.8 Å². The monoisotopic (exact) mass is 565 g/mol. The number of amides is 2. The number of nitrogens with zero attached hydrogens (tertiary/aromatic N) is 3. The number of imide groups is 1. The van der Waals surface area contributed by atoms with Gasteiger partial charge in [-0.05, 0) is 53.1 Å². The van der Waals surface area contributed by atoms with Gasteiger partial charge >= 0.3 is 0 Å². The van der Waals surface area contributed by atoms with Crippen LogP contribution in [0.2, 0.25) is 0 Å². The lowest BCUT2D eigenvalue weighted by Crippen LogP contribution is -2.30. The molecule has 0 spiro atoms. The molecule has 5 heteroatoms. The van der Waals surface area contributed by atoms with E-state index in [9.17, 15) is 9.59 Å². The average molecular weight is 566 g/mol. The molecule has 0 saturated heterocycles. The zero-order valence-corrected chi connectivity index (χ0v) is 23.4. The van der Waals surface area contributed by atoms with E-state index in [4.69, 9.17) is 6.57 Å². The van der Waals surface area contributed by atoms with E-state index >= 15 is 0 Å². The van der Waals surface area contributed by atoms with E-state index in [0.29, 0.717) is 28.2 Å². The fraction of sp³-hybridized carbons (Fsp3) is 0. The first-order valence-electron chi connectivity index (χ1n) is 14.3. The largest absolute Gasteiger partial charge is 0.310 e. The van der Waals surface area contributed by atoms with Crippen molar-refractivity contribution < 1.29 is 9.59 Å². The molecule has 1 aliphatic rings. The Balaban J connectivity index is 1.34. The van der Waals surface area contributed by atoms with Gasteiger partial charge in [0.1, 0.15) is 0 Å². The second-order valence-electron chi connectivity index (χ2n) is 10.8. The Hall–Kier alpha value is -6.25. The third-order valence-electron chi connectivity index (χ3n) is 8.35. The number of fused-ring (bicyclic) bond motifs is 4. The van der Waals surface area contributed by atoms with Crippen LogP contribution < -0.4 is 4.90 Å². The molecule has 8 rings (SSSR count). The first kappa shape index (κ1) is 25.5. The molecule has 1 aliphatic heterocycles. The van der Waals surface area contributed by atoms with Crippen molar-refractivity contribution in [1.82, 2.24) is 4.57 Å². The van der Waals surface area contributed by atoms with E-state index in [0.717, 1.165) is 44.1 Å². The van der Waals surface area contributed by atoms with Gasteiger partial charge in [-0.1, -0.05) is 103 Å². The molecule has 7 aromatic rings. The number of carbonyl (C=O) groups excluding carboxylic acids is 2. The number of rotatable bonds is 4. The van der Waals surface area contributed by atoms with Crippen LogP contribution in [-0.4, -0.2) is 16.4 Å². The van der Waals surface area contributed by atoms with E-state index in [1.165, 1.54) is 4.90 Å². The zero-order chi connectivity index (χ0) is 29.8. The predicted octanol–water partition coefficient (Wildman–Crippen LogP) is 9.47. The Labute approximate surface area is 253 Å². The summed E-state index contributed by atoms with van der Waals surface area (Å²) in [5, 5.41) is 1.98. The smallest absolute Gasteiger partial charge is 0.268 e. The quantitative estimate of drug-likeness (QED) is 0.158. The Morgan fingerprint density at radius 3 is 1.98 bits per heavy atom. The Morgan fingerprint density at radius 1 is 0.500 bits per heavy atom. The summed E-state index contributed by atoms with van der Waals surface area (Å²) in [6, 6.07) is 44.7. The maximum Gasteiger partial charge on any atom is 0.268 e. The average Bonchev–Trinajstić information content (AvgIpc) is 3.55. The summed E-state index contributed by atoms with van der Waals surface area (Å²) in [4.78, 5) is 33.6. The van der Waals surface area contributed by atoms with Crippen LogP contribution in [-0.2, 0) is 0 Å². The SMILES string of the molecule is [C-]#[N+]c1ccc2c3ccccc3n(-c3cccc4c3C(=O)N(c3ccc(-c5ccccc5)cc3-c3ccccc3)C4=O)c2c1. The van der Waals surface area contributed by atoms with Gasteiger partial charge in [-0.2, -0.15) is 0 Å². The molecular formula is C39H23N3O2. The Morgan fingerprint density at radius 2 is 1.20 bits per heavy atom. The molecular weight excluding hydrogens is 542 g/mol. The molecule has 0 atom stereocenters. The van der Waals surface area contributed by atoms with Crippen molar-refractivity contribution in [3.8, 4) is 27.9 Å². The van der Waals surface area contributed by atoms with Gasteiger partial charge in [-0.3, -0.25) is 9.59 Å². The summed E-state index contributed by atoms with van der Waals surface area (Å²) < 4.78 is 2.00. The molecule has 0 radical (unpaired) electrons. The number of carbonyl (C=O) groups is 2. The number of hydrogen-bond donors (Lipinski definition) is 0. The van der Waals surface area contributed by atoms with Crippen LogP contribution in [0.25, 0.3) is 54.6 Å². The summed E-state index contributed by atoms with van der Waals surface area (Å²) in [6.45, 7) is 7.60. The summed E-state index contributed by atoms with van der Waals surface area (Å²) >= 11 is 0. The molecule has 0 bridgehead atoms. The van der Waals surface area contributed by atoms with Gasteiger partial charge in [0.2, 0.25) is 0 Å². The molecule has 1 aromatic heterocycles. The van der Waals surface area contributed by atoms with Crippen LogP contribution in [0.5, 0.6) is 0 Å². The van der Waals surface area contributed by atoms with Gasteiger partial charge in [0.15, 0.2) is 5.69 Å². The lowest BCUT2D eigenvalue weighted by molar-refractivity contribution is 0.0926. The highest BCUT2D eigenvalue weighted by Crippen LogP contribution is 2.42. The van der Waals surface area contributed by atoms with E-state index in [1.807, 2.05) is 138 Å². The summed E-state index contributed by atoms with van der Waals surface area (Å²) in [6.07, 6.45) is 0. The molecule has 44 heavy (non-hydrogen) atoms. The topological polar surface area (TPSA) is 46.7 Å². The normalized spacial score (nSPS) is 12.6. The van der Waals surface area contributed by atoms with Crippen molar-refractivity contribution in [2.24, 2.45) is 0 Å². The molecule has 0 aliphatic carbocycles. The summed E-state index contributed by atoms with van der Waals surface area (Å²) in [5.41, 5.74) is 7.79. The van der Waals surface area contributed by atoms with E-state index in [2.05, 4.69) is 4.85 Å². The van der Waals surface area contributed by atoms with Gasteiger partial charge in [-0.15, -0.1) is 0 Å². The molecule has 0 N–H and O–H groups in total. The highest BCUT2D eigenvalue weighted by Gasteiger charge is 2.40. The van der Waals surface area contributed by atoms with Crippen LogP contribution in [0, 0.1) is 6.57 Å². The van der Waals surface area contributed by atoms with Crippen molar-refractivity contribution in [1.29, 1.82) is 0 Å². The molecule has 206 valence electrons. The maximum atomic E-state index is 14.5. The molecule has 0 unspecified atom stereocenters. The van der Waals surface area contributed by atoms with Gasteiger partial charge in [-0.25, -0.2) is 9.74 Å². The van der Waals surface area contributed by atoms with Crippen molar-refractivity contribution >= 4 is 45.0 Å². The van der Waals surface area contributed by atoms with Crippen molar-refractivity contribution in [3.05, 3.63) is 162 Å². The Kier molecular flexibility index (Phi) is 5.75. The third-order valence-corrected chi connectivity index (χ3v) is 8.35. The molecule has 5 nitrogen and oxygen atoms in total. The highest BCUT2D eigenvalue weighted by atomic mass is 16.2. The molecule has 2 amide bonds. The van der Waals surface area contributed by atoms with E-state index < -0.39 is 0 Å². The van der Waals surface area contributed by atoms with Gasteiger partial charge in [0.25, 0.3) is 11.8 Å². The van der Waals surface area contributed by atoms with E-state index in [1.54, 1.807) is 6.07 Å². The van der Waals surface area contributed by atoms with Gasteiger partial charge in [0, 0.05) is 21.9 Å². The van der Waals surface area contributed by atoms with Crippen LogP contribution in [0.1, 0.15) is 20.7 Å². The lowest BCUT2D eigenvalue weighted by atomic mass is 9.97. The number of anilines is 1. The van der Waals surface area contributed by atoms with Gasteiger partial charge in [0.05, 0.1) is 34.6 Å². The Bertz CT molecular complexity index is 2330. The van der Waals surface area contributed by atoms with Crippen LogP contribution >= 0.6 is 0 Å². The van der Waals surface area contributed by atoms with Gasteiger partial charge < -0.3 is 4.57 Å². The third kappa shape index (κ3) is 3.79. The predicted molar refractivity (Wildman–Crippen MR) is 175 cm³/mol. The highest BCUT2D eigenvalue weighted by molar-refractivity contribution is 6.36. The minimum absolute atomic E-state index is 0.347. The lowest BCUT2D eigenvalue weighted by Gasteiger charge is -2.20. The number of aromatic nitrogens is 1. The molecule has 0 saturated carbocycles. The second kappa shape index (κ2) is 9.94. The first-order chi connectivity index (χ1) is 21.6.